The van der Waals surface area contributed by atoms with E-state index in [0.29, 0.717) is 6.54 Å². The van der Waals surface area contributed by atoms with Gasteiger partial charge < -0.3 is 10.3 Å². The first-order chi connectivity index (χ1) is 7.85. The number of rotatable bonds is 4. The van der Waals surface area contributed by atoms with Gasteiger partial charge in [-0.3, -0.25) is 0 Å². The average Bonchev–Trinajstić information content (AvgIpc) is 2.72. The van der Waals surface area contributed by atoms with Gasteiger partial charge in [0.25, 0.3) is 0 Å². The topological polar surface area (TPSA) is 30.9 Å². The summed E-state index contributed by atoms with van der Waals surface area (Å²) in [4.78, 5) is 0. The second-order valence-electron chi connectivity index (χ2n) is 3.96. The molecule has 16 heavy (non-hydrogen) atoms. The molecule has 1 aromatic carbocycles. The Labute approximate surface area is 96.7 Å². The van der Waals surface area contributed by atoms with Crippen LogP contribution in [-0.4, -0.2) is 4.57 Å². The van der Waals surface area contributed by atoms with Crippen LogP contribution < -0.4 is 5.73 Å². The lowest BCUT2D eigenvalue weighted by atomic mass is 10.2. The van der Waals surface area contributed by atoms with Crippen LogP contribution in [0.5, 0.6) is 0 Å². The number of benzene rings is 1. The summed E-state index contributed by atoms with van der Waals surface area (Å²) in [6.07, 6.45) is 3.17. The molecule has 0 aliphatic carbocycles. The van der Waals surface area contributed by atoms with Crippen LogP contribution in [0.1, 0.15) is 23.7 Å². The molecule has 0 saturated heterocycles. The fraction of sp³-hybridized carbons (Fsp3) is 0.286. The normalized spacial score (nSPS) is 10.6. The molecule has 84 valence electrons. The van der Waals surface area contributed by atoms with Crippen molar-refractivity contribution in [3.63, 3.8) is 0 Å². The molecule has 0 unspecified atom stereocenters. The smallest absolute Gasteiger partial charge is 0.0472 e. The van der Waals surface area contributed by atoms with Gasteiger partial charge in [-0.15, -0.1) is 0 Å². The van der Waals surface area contributed by atoms with Crippen molar-refractivity contribution < 1.29 is 0 Å². The summed E-state index contributed by atoms with van der Waals surface area (Å²) in [6, 6.07) is 12.6. The van der Waals surface area contributed by atoms with Gasteiger partial charge in [-0.25, -0.2) is 0 Å². The maximum absolute atomic E-state index is 5.72. The molecule has 2 nitrogen and oxygen atoms in total. The van der Waals surface area contributed by atoms with Gasteiger partial charge in [-0.1, -0.05) is 37.3 Å². The minimum absolute atomic E-state index is 0.630. The zero-order valence-corrected chi connectivity index (χ0v) is 9.69. The molecule has 2 aromatic rings. The summed E-state index contributed by atoms with van der Waals surface area (Å²) < 4.78 is 2.29. The van der Waals surface area contributed by atoms with Gasteiger partial charge in [0.1, 0.15) is 0 Å². The Morgan fingerprint density at radius 1 is 1.12 bits per heavy atom. The largest absolute Gasteiger partial charge is 0.347 e. The molecule has 2 rings (SSSR count). The van der Waals surface area contributed by atoms with E-state index in [0.717, 1.165) is 13.0 Å². The monoisotopic (exact) mass is 214 g/mol. The van der Waals surface area contributed by atoms with E-state index in [2.05, 4.69) is 48.0 Å². The first kappa shape index (κ1) is 11.0. The van der Waals surface area contributed by atoms with Gasteiger partial charge in [0.15, 0.2) is 0 Å². The summed E-state index contributed by atoms with van der Waals surface area (Å²) in [5.74, 6) is 0. The molecule has 0 saturated carbocycles. The van der Waals surface area contributed by atoms with Gasteiger partial charge in [0.2, 0.25) is 0 Å². The van der Waals surface area contributed by atoms with Crippen LogP contribution in [0, 0.1) is 0 Å². The second-order valence-corrected chi connectivity index (χ2v) is 3.96. The van der Waals surface area contributed by atoms with E-state index in [1.54, 1.807) is 0 Å². The Morgan fingerprint density at radius 3 is 2.50 bits per heavy atom. The number of hydrogen-bond acceptors (Lipinski definition) is 1. The van der Waals surface area contributed by atoms with Crippen LogP contribution in [-0.2, 0) is 19.5 Å². The van der Waals surface area contributed by atoms with Gasteiger partial charge in [-0.2, -0.15) is 0 Å². The fourth-order valence-electron chi connectivity index (χ4n) is 2.09. The highest BCUT2D eigenvalue weighted by atomic mass is 15.0. The molecule has 1 aromatic heterocycles. The molecule has 0 amide bonds. The fourth-order valence-corrected chi connectivity index (χ4v) is 2.09. The minimum Gasteiger partial charge on any atom is -0.347 e. The average molecular weight is 214 g/mol. The molecule has 0 fully saturated rings. The number of nitrogens with two attached hydrogens (primary N) is 1. The third-order valence-corrected chi connectivity index (χ3v) is 2.92. The first-order valence-corrected chi connectivity index (χ1v) is 5.76. The van der Waals surface area contributed by atoms with Crippen LogP contribution in [0.2, 0.25) is 0 Å². The third kappa shape index (κ3) is 2.17. The molecule has 2 heteroatoms. The number of nitrogens with zero attached hydrogens (tertiary/aromatic N) is 1. The summed E-state index contributed by atoms with van der Waals surface area (Å²) in [5, 5.41) is 0. The van der Waals surface area contributed by atoms with Crippen LogP contribution in [0.4, 0.5) is 0 Å². The summed E-state index contributed by atoms with van der Waals surface area (Å²) >= 11 is 0. The zero-order valence-electron chi connectivity index (χ0n) is 9.69. The lowest BCUT2D eigenvalue weighted by Gasteiger charge is -2.09. The van der Waals surface area contributed by atoms with Crippen molar-refractivity contribution in [2.24, 2.45) is 5.73 Å². The lowest BCUT2D eigenvalue weighted by molar-refractivity contribution is 0.742. The molecular weight excluding hydrogens is 196 g/mol. The standard InChI is InChI=1S/C14H18N2/c1-2-14-13(10-15)8-9-16(14)11-12-6-4-3-5-7-12/h3-9H,2,10-11,15H2,1H3. The van der Waals surface area contributed by atoms with Gasteiger partial charge >= 0.3 is 0 Å². The second kappa shape index (κ2) is 4.99. The van der Waals surface area contributed by atoms with E-state index >= 15 is 0 Å². The molecule has 0 atom stereocenters. The maximum atomic E-state index is 5.72. The van der Waals surface area contributed by atoms with Crippen molar-refractivity contribution in [2.75, 3.05) is 0 Å². The quantitative estimate of drug-likeness (QED) is 0.833. The van der Waals surface area contributed by atoms with Crippen LogP contribution in [0.3, 0.4) is 0 Å². The Kier molecular flexibility index (Phi) is 3.42. The van der Waals surface area contributed by atoms with Crippen molar-refractivity contribution in [3.8, 4) is 0 Å². The Morgan fingerprint density at radius 2 is 1.88 bits per heavy atom. The lowest BCUT2D eigenvalue weighted by Crippen LogP contribution is -2.06. The van der Waals surface area contributed by atoms with E-state index in [-0.39, 0.29) is 0 Å². The SMILES string of the molecule is CCc1c(CN)ccn1Cc1ccccc1. The summed E-state index contributed by atoms with van der Waals surface area (Å²) in [6.45, 7) is 3.74. The highest BCUT2D eigenvalue weighted by Crippen LogP contribution is 2.13. The van der Waals surface area contributed by atoms with Crippen LogP contribution in [0.15, 0.2) is 42.6 Å². The van der Waals surface area contributed by atoms with Gasteiger partial charge in [0, 0.05) is 25.0 Å². The van der Waals surface area contributed by atoms with Crippen molar-refractivity contribution in [3.05, 3.63) is 59.4 Å². The zero-order chi connectivity index (χ0) is 11.4. The molecule has 0 radical (unpaired) electrons. The molecular formula is C14H18N2. The van der Waals surface area contributed by atoms with Crippen LogP contribution in [0.25, 0.3) is 0 Å². The summed E-state index contributed by atoms with van der Waals surface area (Å²) in [7, 11) is 0. The predicted octanol–water partition coefficient (Wildman–Crippen LogP) is 2.56. The van der Waals surface area contributed by atoms with E-state index in [1.807, 2.05) is 6.07 Å². The number of hydrogen-bond donors (Lipinski definition) is 1. The van der Waals surface area contributed by atoms with Crippen molar-refractivity contribution >= 4 is 0 Å². The highest BCUT2D eigenvalue weighted by Gasteiger charge is 2.05. The summed E-state index contributed by atoms with van der Waals surface area (Å²) in [5.41, 5.74) is 9.67. The maximum Gasteiger partial charge on any atom is 0.0472 e. The Balaban J connectivity index is 2.25. The van der Waals surface area contributed by atoms with E-state index < -0.39 is 0 Å². The van der Waals surface area contributed by atoms with Gasteiger partial charge in [-0.05, 0) is 23.6 Å². The molecule has 0 aliphatic rings. The predicted molar refractivity (Wildman–Crippen MR) is 67.2 cm³/mol. The number of aromatic nitrogens is 1. The minimum atomic E-state index is 0.630. The van der Waals surface area contributed by atoms with E-state index in [9.17, 15) is 0 Å². The molecule has 0 bridgehead atoms. The molecule has 0 aliphatic heterocycles. The Hall–Kier alpha value is -1.54. The van der Waals surface area contributed by atoms with Crippen molar-refractivity contribution in [2.45, 2.75) is 26.4 Å². The van der Waals surface area contributed by atoms with Crippen molar-refractivity contribution in [1.29, 1.82) is 0 Å². The first-order valence-electron chi connectivity index (χ1n) is 5.76. The Bertz CT molecular complexity index is 443. The molecule has 2 N–H and O–H groups in total. The molecule has 0 spiro atoms. The third-order valence-electron chi connectivity index (χ3n) is 2.92. The van der Waals surface area contributed by atoms with E-state index in [4.69, 9.17) is 5.73 Å². The molecule has 1 heterocycles. The van der Waals surface area contributed by atoms with Crippen LogP contribution >= 0.6 is 0 Å². The van der Waals surface area contributed by atoms with E-state index in [1.165, 1.54) is 16.8 Å². The van der Waals surface area contributed by atoms with Gasteiger partial charge in [0.05, 0.1) is 0 Å². The van der Waals surface area contributed by atoms with Crippen molar-refractivity contribution in [1.82, 2.24) is 4.57 Å². The highest BCUT2D eigenvalue weighted by molar-refractivity contribution is 5.24.